The largest absolute Gasteiger partial charge is 0.311 e. The van der Waals surface area contributed by atoms with Crippen LogP contribution in [0.4, 0.5) is 0 Å². The Kier molecular flexibility index (Phi) is 4.56. The van der Waals surface area contributed by atoms with Gasteiger partial charge in [-0.25, -0.2) is 0 Å². The first-order valence-electron chi connectivity index (χ1n) is 6.84. The van der Waals surface area contributed by atoms with Crippen molar-refractivity contribution in [2.75, 3.05) is 20.1 Å². The molecule has 0 aromatic heterocycles. The Hall–Kier alpha value is -1.12. The van der Waals surface area contributed by atoms with Crippen LogP contribution in [0, 0.1) is 0 Å². The van der Waals surface area contributed by atoms with Crippen molar-refractivity contribution in [3.8, 4) is 0 Å². The van der Waals surface area contributed by atoms with E-state index in [0.717, 1.165) is 24.7 Å². The van der Waals surface area contributed by atoms with Gasteiger partial charge in [-0.15, -0.1) is 0 Å². The van der Waals surface area contributed by atoms with Crippen LogP contribution in [0.3, 0.4) is 0 Å². The van der Waals surface area contributed by atoms with Crippen molar-refractivity contribution in [2.45, 2.75) is 31.8 Å². The second-order valence-corrected chi connectivity index (χ2v) is 5.35. The number of hydrogen-bond acceptors (Lipinski definition) is 2. The molecule has 2 heteroatoms. The molecule has 1 saturated carbocycles. The molecule has 1 aromatic rings. The molecule has 1 aliphatic rings. The summed E-state index contributed by atoms with van der Waals surface area (Å²) in [4.78, 5) is 2.48. The maximum atomic E-state index is 4.14. The van der Waals surface area contributed by atoms with Crippen LogP contribution < -0.4 is 5.32 Å². The zero-order valence-electron chi connectivity index (χ0n) is 11.5. The van der Waals surface area contributed by atoms with Gasteiger partial charge in [-0.1, -0.05) is 36.9 Å². The molecule has 0 bridgehead atoms. The van der Waals surface area contributed by atoms with Crippen molar-refractivity contribution in [1.82, 2.24) is 10.2 Å². The minimum Gasteiger partial charge on any atom is -0.311 e. The summed E-state index contributed by atoms with van der Waals surface area (Å²) in [5.41, 5.74) is 2.39. The van der Waals surface area contributed by atoms with Crippen molar-refractivity contribution in [1.29, 1.82) is 0 Å². The summed E-state index contributed by atoms with van der Waals surface area (Å²) in [5, 5.41) is 3.51. The van der Waals surface area contributed by atoms with Gasteiger partial charge in [0.2, 0.25) is 0 Å². The molecule has 1 atom stereocenters. The molecule has 1 aliphatic carbocycles. The molecule has 0 radical (unpaired) electrons. The first kappa shape index (κ1) is 13.3. The molecular weight excluding hydrogens is 220 g/mol. The van der Waals surface area contributed by atoms with Crippen molar-refractivity contribution in [3.63, 3.8) is 0 Å². The second kappa shape index (κ2) is 6.17. The fourth-order valence-electron chi connectivity index (χ4n) is 2.19. The zero-order valence-corrected chi connectivity index (χ0v) is 11.5. The quantitative estimate of drug-likeness (QED) is 0.793. The van der Waals surface area contributed by atoms with E-state index in [-0.39, 0.29) is 0 Å². The van der Waals surface area contributed by atoms with E-state index in [9.17, 15) is 0 Å². The predicted octanol–water partition coefficient (Wildman–Crippen LogP) is 2.77. The highest BCUT2D eigenvalue weighted by molar-refractivity contribution is 5.64. The van der Waals surface area contributed by atoms with Gasteiger partial charge >= 0.3 is 0 Å². The van der Waals surface area contributed by atoms with Crippen LogP contribution in [0.25, 0.3) is 5.57 Å². The van der Waals surface area contributed by atoms with Gasteiger partial charge < -0.3 is 5.32 Å². The SMILES string of the molecule is C=C(CNCC(C)N(C)C1CC1)c1ccccc1. The Morgan fingerprint density at radius 2 is 2.06 bits per heavy atom. The van der Waals surface area contributed by atoms with Gasteiger partial charge in [0.05, 0.1) is 0 Å². The lowest BCUT2D eigenvalue weighted by Crippen LogP contribution is -2.39. The number of nitrogens with one attached hydrogen (secondary N) is 1. The second-order valence-electron chi connectivity index (χ2n) is 5.35. The van der Waals surface area contributed by atoms with Crippen LogP contribution >= 0.6 is 0 Å². The lowest BCUT2D eigenvalue weighted by atomic mass is 10.1. The van der Waals surface area contributed by atoms with Gasteiger partial charge in [-0.05, 0) is 37.9 Å². The predicted molar refractivity (Wildman–Crippen MR) is 78.6 cm³/mol. The zero-order chi connectivity index (χ0) is 13.0. The first-order chi connectivity index (χ1) is 8.68. The number of rotatable bonds is 7. The van der Waals surface area contributed by atoms with Crippen LogP contribution in [0.15, 0.2) is 36.9 Å². The van der Waals surface area contributed by atoms with Crippen LogP contribution in [0.1, 0.15) is 25.3 Å². The van der Waals surface area contributed by atoms with E-state index >= 15 is 0 Å². The van der Waals surface area contributed by atoms with E-state index in [4.69, 9.17) is 0 Å². The fraction of sp³-hybridized carbons (Fsp3) is 0.500. The lowest BCUT2D eigenvalue weighted by molar-refractivity contribution is 0.243. The first-order valence-corrected chi connectivity index (χ1v) is 6.84. The molecule has 0 heterocycles. The standard InChI is InChI=1S/C16H24N2/c1-13(15-7-5-4-6-8-15)11-17-12-14(2)18(3)16-9-10-16/h4-8,14,16-17H,1,9-12H2,2-3H3. The molecule has 0 saturated heterocycles. The Labute approximate surface area is 111 Å². The van der Waals surface area contributed by atoms with Crippen molar-refractivity contribution in [3.05, 3.63) is 42.5 Å². The molecule has 1 N–H and O–H groups in total. The summed E-state index contributed by atoms with van der Waals surface area (Å²) in [6.07, 6.45) is 2.75. The summed E-state index contributed by atoms with van der Waals surface area (Å²) in [6, 6.07) is 11.8. The van der Waals surface area contributed by atoms with E-state index < -0.39 is 0 Å². The molecule has 18 heavy (non-hydrogen) atoms. The molecule has 0 aliphatic heterocycles. The average molecular weight is 244 g/mol. The smallest absolute Gasteiger partial charge is 0.0206 e. The average Bonchev–Trinajstić information content (AvgIpc) is 3.23. The van der Waals surface area contributed by atoms with Crippen molar-refractivity contribution in [2.24, 2.45) is 0 Å². The normalized spacial score (nSPS) is 16.8. The van der Waals surface area contributed by atoms with Gasteiger partial charge in [0.25, 0.3) is 0 Å². The minimum atomic E-state index is 0.598. The monoisotopic (exact) mass is 244 g/mol. The lowest BCUT2D eigenvalue weighted by Gasteiger charge is -2.24. The molecular formula is C16H24N2. The summed E-state index contributed by atoms with van der Waals surface area (Å²) in [7, 11) is 2.23. The van der Waals surface area contributed by atoms with Crippen molar-refractivity contribution >= 4 is 5.57 Å². The minimum absolute atomic E-state index is 0.598. The number of hydrogen-bond donors (Lipinski definition) is 1. The number of likely N-dealkylation sites (N-methyl/N-ethyl adjacent to an activating group) is 1. The highest BCUT2D eigenvalue weighted by Crippen LogP contribution is 2.26. The van der Waals surface area contributed by atoms with E-state index in [1.807, 2.05) is 6.07 Å². The van der Waals surface area contributed by atoms with E-state index in [2.05, 4.69) is 55.0 Å². The third-order valence-electron chi connectivity index (χ3n) is 3.78. The summed E-state index contributed by atoms with van der Waals surface area (Å²) < 4.78 is 0. The summed E-state index contributed by atoms with van der Waals surface area (Å²) >= 11 is 0. The Morgan fingerprint density at radius 1 is 1.39 bits per heavy atom. The molecule has 1 fully saturated rings. The number of nitrogens with zero attached hydrogens (tertiary/aromatic N) is 1. The topological polar surface area (TPSA) is 15.3 Å². The van der Waals surface area contributed by atoms with E-state index in [1.165, 1.54) is 18.4 Å². The molecule has 0 amide bonds. The molecule has 1 aromatic carbocycles. The van der Waals surface area contributed by atoms with Crippen molar-refractivity contribution < 1.29 is 0 Å². The third kappa shape index (κ3) is 3.69. The van der Waals surface area contributed by atoms with Gasteiger partial charge in [0.1, 0.15) is 0 Å². The highest BCUT2D eigenvalue weighted by Gasteiger charge is 2.28. The van der Waals surface area contributed by atoms with Crippen LogP contribution in [0.2, 0.25) is 0 Å². The summed E-state index contributed by atoms with van der Waals surface area (Å²) in [5.74, 6) is 0. The molecule has 98 valence electrons. The third-order valence-corrected chi connectivity index (χ3v) is 3.78. The van der Waals surface area contributed by atoms with E-state index in [1.54, 1.807) is 0 Å². The molecule has 1 unspecified atom stereocenters. The van der Waals surface area contributed by atoms with Crippen LogP contribution in [-0.2, 0) is 0 Å². The maximum absolute atomic E-state index is 4.14. The highest BCUT2D eigenvalue weighted by atomic mass is 15.2. The van der Waals surface area contributed by atoms with Gasteiger partial charge in [-0.3, -0.25) is 4.90 Å². The van der Waals surface area contributed by atoms with Crippen LogP contribution in [-0.4, -0.2) is 37.1 Å². The van der Waals surface area contributed by atoms with Gasteiger partial charge in [0.15, 0.2) is 0 Å². The molecule has 2 nitrogen and oxygen atoms in total. The molecule has 2 rings (SSSR count). The van der Waals surface area contributed by atoms with Gasteiger partial charge in [0, 0.05) is 25.2 Å². The summed E-state index contributed by atoms with van der Waals surface area (Å²) in [6.45, 7) is 8.32. The number of benzene rings is 1. The maximum Gasteiger partial charge on any atom is 0.0206 e. The molecule has 0 spiro atoms. The Balaban J connectivity index is 1.70. The van der Waals surface area contributed by atoms with E-state index in [0.29, 0.717) is 6.04 Å². The van der Waals surface area contributed by atoms with Crippen LogP contribution in [0.5, 0.6) is 0 Å². The van der Waals surface area contributed by atoms with Gasteiger partial charge in [-0.2, -0.15) is 0 Å². The Bertz CT molecular complexity index is 381. The fourth-order valence-corrected chi connectivity index (χ4v) is 2.19. The Morgan fingerprint density at radius 3 is 2.67 bits per heavy atom.